The monoisotopic (exact) mass is 324 g/mol. The van der Waals surface area contributed by atoms with Crippen molar-refractivity contribution in [3.63, 3.8) is 0 Å². The first-order chi connectivity index (χ1) is 11.6. The lowest BCUT2D eigenvalue weighted by Crippen LogP contribution is -2.22. The van der Waals surface area contributed by atoms with Crippen molar-refractivity contribution in [2.45, 2.75) is 26.7 Å². The van der Waals surface area contributed by atoms with Crippen LogP contribution < -0.4 is 10.2 Å². The number of ether oxygens (including phenoxy) is 1. The van der Waals surface area contributed by atoms with Gasteiger partial charge in [-0.15, -0.1) is 0 Å². The molecule has 0 bridgehead atoms. The number of nitrogens with one attached hydrogen (secondary N) is 1. The molecular weight excluding hydrogens is 300 g/mol. The van der Waals surface area contributed by atoms with Crippen LogP contribution in [0.25, 0.3) is 0 Å². The van der Waals surface area contributed by atoms with Gasteiger partial charge in [-0.3, -0.25) is 4.79 Å². The van der Waals surface area contributed by atoms with Crippen molar-refractivity contribution in [2.75, 3.05) is 7.11 Å². The third kappa shape index (κ3) is 5.54. The van der Waals surface area contributed by atoms with E-state index >= 15 is 0 Å². The Balaban J connectivity index is 2.02. The summed E-state index contributed by atoms with van der Waals surface area (Å²) in [4.78, 5) is 12.1. The Bertz CT molecular complexity index is 677. The third-order valence-corrected chi connectivity index (χ3v) is 3.55. The van der Waals surface area contributed by atoms with Gasteiger partial charge in [0.05, 0.1) is 19.2 Å². The summed E-state index contributed by atoms with van der Waals surface area (Å²) in [5, 5.41) is 4.36. The molecule has 0 aliphatic carbocycles. The Morgan fingerprint density at radius 1 is 1.08 bits per heavy atom. The zero-order valence-electron chi connectivity index (χ0n) is 14.5. The van der Waals surface area contributed by atoms with E-state index in [4.69, 9.17) is 4.74 Å². The number of hydrogen-bond acceptors (Lipinski definition) is 3. The van der Waals surface area contributed by atoms with Crippen molar-refractivity contribution in [3.05, 3.63) is 65.7 Å². The maximum absolute atomic E-state index is 12.1. The average molecular weight is 324 g/mol. The maximum Gasteiger partial charge on any atom is 0.244 e. The van der Waals surface area contributed by atoms with E-state index in [0.717, 1.165) is 29.0 Å². The predicted molar refractivity (Wildman–Crippen MR) is 97.3 cm³/mol. The van der Waals surface area contributed by atoms with E-state index in [2.05, 4.69) is 24.4 Å². The van der Waals surface area contributed by atoms with E-state index in [0.29, 0.717) is 5.92 Å². The quantitative estimate of drug-likeness (QED) is 0.622. The topological polar surface area (TPSA) is 50.7 Å². The number of nitrogens with zero attached hydrogens (tertiary/aromatic N) is 1. The van der Waals surface area contributed by atoms with Crippen molar-refractivity contribution < 1.29 is 9.53 Å². The lowest BCUT2D eigenvalue weighted by Gasteiger charge is -2.10. The van der Waals surface area contributed by atoms with Gasteiger partial charge in [0.25, 0.3) is 0 Å². The summed E-state index contributed by atoms with van der Waals surface area (Å²) < 4.78 is 5.12. The van der Waals surface area contributed by atoms with Gasteiger partial charge in [-0.2, -0.15) is 5.10 Å². The molecule has 4 heteroatoms. The molecule has 126 valence electrons. The third-order valence-electron chi connectivity index (χ3n) is 3.55. The number of amides is 1. The Labute approximate surface area is 143 Å². The molecule has 1 N–H and O–H groups in total. The Kier molecular flexibility index (Phi) is 6.55. The van der Waals surface area contributed by atoms with E-state index in [1.807, 2.05) is 54.6 Å². The summed E-state index contributed by atoms with van der Waals surface area (Å²) >= 11 is 0. The van der Waals surface area contributed by atoms with Gasteiger partial charge in [0.2, 0.25) is 5.91 Å². The summed E-state index contributed by atoms with van der Waals surface area (Å²) in [7, 11) is 1.62. The number of hydrazone groups is 1. The number of hydrogen-bond donors (Lipinski definition) is 1. The fourth-order valence-electron chi connectivity index (χ4n) is 2.34. The minimum absolute atomic E-state index is 0.127. The molecule has 0 aliphatic rings. The van der Waals surface area contributed by atoms with Crippen molar-refractivity contribution in [2.24, 2.45) is 11.0 Å². The number of methoxy groups -OCH3 is 1. The standard InChI is InChI=1S/C20H24N2O2/c1-15(2)13-19(17-7-5-4-6-8-17)21-22-20(23)14-16-9-11-18(24-3)12-10-16/h4-12,15H,13-14H2,1-3H3,(H,22,23)/b21-19-. The van der Waals surface area contributed by atoms with Crippen LogP contribution in [0.3, 0.4) is 0 Å². The molecule has 0 radical (unpaired) electrons. The van der Waals surface area contributed by atoms with Gasteiger partial charge in [0, 0.05) is 0 Å². The second-order valence-corrected chi connectivity index (χ2v) is 6.08. The molecule has 0 fully saturated rings. The van der Waals surface area contributed by atoms with Crippen LogP contribution in [0.2, 0.25) is 0 Å². The van der Waals surface area contributed by atoms with Crippen LogP contribution in [0.4, 0.5) is 0 Å². The lowest BCUT2D eigenvalue weighted by atomic mass is 10.0. The highest BCUT2D eigenvalue weighted by Gasteiger charge is 2.08. The first kappa shape index (κ1) is 17.7. The molecule has 0 atom stereocenters. The minimum atomic E-state index is -0.127. The maximum atomic E-state index is 12.1. The number of benzene rings is 2. The van der Waals surface area contributed by atoms with Crippen molar-refractivity contribution >= 4 is 11.6 Å². The van der Waals surface area contributed by atoms with E-state index in [1.165, 1.54) is 0 Å². The first-order valence-corrected chi connectivity index (χ1v) is 8.12. The molecule has 4 nitrogen and oxygen atoms in total. The molecule has 2 aromatic carbocycles. The van der Waals surface area contributed by atoms with Crippen LogP contribution in [0.1, 0.15) is 31.4 Å². The SMILES string of the molecule is COc1ccc(CC(=O)N/N=C(/CC(C)C)c2ccccc2)cc1. The summed E-state index contributed by atoms with van der Waals surface area (Å²) in [6.45, 7) is 4.27. The van der Waals surface area contributed by atoms with Gasteiger partial charge in [0.15, 0.2) is 0 Å². The molecule has 0 saturated carbocycles. The fraction of sp³-hybridized carbons (Fsp3) is 0.300. The highest BCUT2D eigenvalue weighted by atomic mass is 16.5. The molecular formula is C20H24N2O2. The highest BCUT2D eigenvalue weighted by Crippen LogP contribution is 2.12. The Hall–Kier alpha value is -2.62. The Morgan fingerprint density at radius 2 is 1.75 bits per heavy atom. The van der Waals surface area contributed by atoms with Crippen LogP contribution in [0.15, 0.2) is 59.7 Å². The summed E-state index contributed by atoms with van der Waals surface area (Å²) in [6, 6.07) is 17.4. The number of carbonyl (C=O) groups excluding carboxylic acids is 1. The zero-order chi connectivity index (χ0) is 17.4. The van der Waals surface area contributed by atoms with Crippen LogP contribution in [0, 0.1) is 5.92 Å². The molecule has 0 aliphatic heterocycles. The van der Waals surface area contributed by atoms with Crippen molar-refractivity contribution in [3.8, 4) is 5.75 Å². The molecule has 0 aromatic heterocycles. The van der Waals surface area contributed by atoms with E-state index in [9.17, 15) is 4.79 Å². The highest BCUT2D eigenvalue weighted by molar-refractivity contribution is 6.01. The van der Waals surface area contributed by atoms with Crippen LogP contribution >= 0.6 is 0 Å². The van der Waals surface area contributed by atoms with Gasteiger partial charge in [-0.25, -0.2) is 5.43 Å². The minimum Gasteiger partial charge on any atom is -0.497 e. The molecule has 24 heavy (non-hydrogen) atoms. The van der Waals surface area contributed by atoms with Gasteiger partial charge >= 0.3 is 0 Å². The largest absolute Gasteiger partial charge is 0.497 e. The molecule has 0 spiro atoms. The smallest absolute Gasteiger partial charge is 0.244 e. The van der Waals surface area contributed by atoms with E-state index in [1.54, 1.807) is 7.11 Å². The summed E-state index contributed by atoms with van der Waals surface area (Å²) in [6.07, 6.45) is 1.10. The number of carbonyl (C=O) groups is 1. The normalized spacial score (nSPS) is 11.4. The first-order valence-electron chi connectivity index (χ1n) is 8.12. The molecule has 2 rings (SSSR count). The van der Waals surface area contributed by atoms with Gasteiger partial charge < -0.3 is 4.74 Å². The average Bonchev–Trinajstić information content (AvgIpc) is 2.59. The van der Waals surface area contributed by atoms with Gasteiger partial charge in [-0.1, -0.05) is 56.3 Å². The van der Waals surface area contributed by atoms with Crippen LogP contribution in [-0.4, -0.2) is 18.7 Å². The molecule has 0 unspecified atom stereocenters. The molecule has 2 aromatic rings. The second kappa shape index (κ2) is 8.87. The predicted octanol–water partition coefficient (Wildman–Crippen LogP) is 3.80. The van der Waals surface area contributed by atoms with Crippen molar-refractivity contribution in [1.29, 1.82) is 0 Å². The van der Waals surface area contributed by atoms with Crippen molar-refractivity contribution in [1.82, 2.24) is 5.43 Å². The summed E-state index contributed by atoms with van der Waals surface area (Å²) in [5.74, 6) is 1.11. The van der Waals surface area contributed by atoms with Crippen LogP contribution in [-0.2, 0) is 11.2 Å². The molecule has 1 amide bonds. The Morgan fingerprint density at radius 3 is 2.33 bits per heavy atom. The molecule has 0 heterocycles. The zero-order valence-corrected chi connectivity index (χ0v) is 14.5. The summed E-state index contributed by atoms with van der Waals surface area (Å²) in [5.41, 5.74) is 5.54. The number of rotatable bonds is 7. The van der Waals surface area contributed by atoms with E-state index < -0.39 is 0 Å². The van der Waals surface area contributed by atoms with Gasteiger partial charge in [-0.05, 0) is 35.6 Å². The van der Waals surface area contributed by atoms with Gasteiger partial charge in [0.1, 0.15) is 5.75 Å². The van der Waals surface area contributed by atoms with E-state index in [-0.39, 0.29) is 12.3 Å². The second-order valence-electron chi connectivity index (χ2n) is 6.08. The fourth-order valence-corrected chi connectivity index (χ4v) is 2.34. The van der Waals surface area contributed by atoms with Crippen LogP contribution in [0.5, 0.6) is 5.75 Å². The molecule has 0 saturated heterocycles. The lowest BCUT2D eigenvalue weighted by molar-refractivity contribution is -0.120.